The quantitative estimate of drug-likeness (QED) is 0.780. The third-order valence-electron chi connectivity index (χ3n) is 4.38. The van der Waals surface area contributed by atoms with Crippen LogP contribution in [0.1, 0.15) is 36.1 Å². The lowest BCUT2D eigenvalue weighted by Crippen LogP contribution is -2.29. The van der Waals surface area contributed by atoms with E-state index >= 15 is 0 Å². The second-order valence-electron chi connectivity index (χ2n) is 6.12. The Kier molecular flexibility index (Phi) is 6.89. The summed E-state index contributed by atoms with van der Waals surface area (Å²) < 4.78 is 15.9. The number of rotatable bonds is 8. The van der Waals surface area contributed by atoms with E-state index in [0.717, 1.165) is 28.9 Å². The van der Waals surface area contributed by atoms with E-state index in [0.29, 0.717) is 17.9 Å². The molecule has 0 bridgehead atoms. The predicted molar refractivity (Wildman–Crippen MR) is 102 cm³/mol. The Morgan fingerprint density at radius 2 is 1.62 bits per heavy atom. The number of aryl methyl sites for hydroxylation is 1. The van der Waals surface area contributed by atoms with Gasteiger partial charge < -0.3 is 19.5 Å². The molecule has 1 amide bonds. The van der Waals surface area contributed by atoms with Crippen LogP contribution < -0.4 is 19.5 Å². The Morgan fingerprint density at radius 3 is 2.19 bits per heavy atom. The largest absolute Gasteiger partial charge is 0.496 e. The third-order valence-corrected chi connectivity index (χ3v) is 4.38. The highest BCUT2D eigenvalue weighted by Crippen LogP contribution is 2.31. The normalized spacial score (nSPS) is 11.6. The highest BCUT2D eigenvalue weighted by atomic mass is 16.5. The average Bonchev–Trinajstić information content (AvgIpc) is 2.65. The van der Waals surface area contributed by atoms with Crippen molar-refractivity contribution in [2.24, 2.45) is 0 Å². The maximum Gasteiger partial charge on any atom is 0.224 e. The summed E-state index contributed by atoms with van der Waals surface area (Å²) in [5, 5.41) is 3.10. The Hall–Kier alpha value is -2.69. The predicted octanol–water partition coefficient (Wildman–Crippen LogP) is 3.83. The number of hydrogen-bond donors (Lipinski definition) is 1. The van der Waals surface area contributed by atoms with E-state index in [2.05, 4.69) is 5.32 Å². The van der Waals surface area contributed by atoms with Crippen molar-refractivity contribution in [1.29, 1.82) is 0 Å². The van der Waals surface area contributed by atoms with Gasteiger partial charge in [0.15, 0.2) is 11.5 Å². The van der Waals surface area contributed by atoms with Gasteiger partial charge in [0.05, 0.1) is 33.8 Å². The summed E-state index contributed by atoms with van der Waals surface area (Å²) in [5.41, 5.74) is 2.97. The number of methoxy groups -OCH3 is 3. The molecular formula is C21H27NO4. The Labute approximate surface area is 155 Å². The minimum absolute atomic E-state index is 0.0174. The van der Waals surface area contributed by atoms with Gasteiger partial charge in [-0.2, -0.15) is 0 Å². The van der Waals surface area contributed by atoms with Crippen LogP contribution in [0.3, 0.4) is 0 Å². The van der Waals surface area contributed by atoms with Crippen LogP contribution in [0, 0.1) is 6.92 Å². The van der Waals surface area contributed by atoms with Crippen LogP contribution in [0.25, 0.3) is 0 Å². The Bertz CT molecular complexity index is 758. The van der Waals surface area contributed by atoms with Crippen molar-refractivity contribution in [2.45, 2.75) is 32.7 Å². The van der Waals surface area contributed by atoms with E-state index in [1.165, 1.54) is 0 Å². The highest BCUT2D eigenvalue weighted by molar-refractivity contribution is 5.79. The van der Waals surface area contributed by atoms with Crippen molar-refractivity contribution in [3.05, 3.63) is 53.1 Å². The van der Waals surface area contributed by atoms with Crippen molar-refractivity contribution in [3.63, 3.8) is 0 Å². The van der Waals surface area contributed by atoms with Crippen LogP contribution in [0.2, 0.25) is 0 Å². The molecule has 140 valence electrons. The molecule has 0 unspecified atom stereocenters. The topological polar surface area (TPSA) is 56.8 Å². The van der Waals surface area contributed by atoms with E-state index in [9.17, 15) is 4.79 Å². The average molecular weight is 357 g/mol. The Morgan fingerprint density at radius 1 is 0.962 bits per heavy atom. The molecule has 26 heavy (non-hydrogen) atoms. The van der Waals surface area contributed by atoms with Gasteiger partial charge in [-0.15, -0.1) is 0 Å². The zero-order chi connectivity index (χ0) is 19.1. The van der Waals surface area contributed by atoms with Gasteiger partial charge in [0.25, 0.3) is 0 Å². The first kappa shape index (κ1) is 19.6. The van der Waals surface area contributed by atoms with E-state index in [-0.39, 0.29) is 11.9 Å². The fourth-order valence-electron chi connectivity index (χ4n) is 2.97. The first-order valence-corrected chi connectivity index (χ1v) is 8.67. The molecule has 2 aromatic carbocycles. The van der Waals surface area contributed by atoms with Gasteiger partial charge in [-0.3, -0.25) is 4.79 Å². The minimum Gasteiger partial charge on any atom is -0.496 e. The molecule has 0 aromatic heterocycles. The van der Waals surface area contributed by atoms with Gasteiger partial charge in [-0.1, -0.05) is 25.1 Å². The maximum atomic E-state index is 12.5. The third kappa shape index (κ3) is 4.69. The minimum atomic E-state index is -0.0818. The maximum absolute atomic E-state index is 12.5. The second-order valence-corrected chi connectivity index (χ2v) is 6.12. The van der Waals surface area contributed by atoms with Crippen LogP contribution in [-0.4, -0.2) is 27.2 Å². The fourth-order valence-corrected chi connectivity index (χ4v) is 2.97. The first-order valence-electron chi connectivity index (χ1n) is 8.67. The van der Waals surface area contributed by atoms with Crippen molar-refractivity contribution in [3.8, 4) is 17.2 Å². The zero-order valence-electron chi connectivity index (χ0n) is 16.1. The number of benzene rings is 2. The molecule has 0 fully saturated rings. The standard InChI is InChI=1S/C21H27NO4/c1-6-17(16-8-10-19(25-4)20(13-16)26-5)22-21(23)12-15-7-9-18(24-3)14(2)11-15/h7-11,13,17H,6,12H2,1-5H3,(H,22,23)/t17-/m1/s1. The molecule has 0 aliphatic heterocycles. The van der Waals surface area contributed by atoms with Gasteiger partial charge in [0.2, 0.25) is 5.91 Å². The number of carbonyl (C=O) groups excluding carboxylic acids is 1. The molecule has 2 rings (SSSR count). The van der Waals surface area contributed by atoms with Crippen molar-refractivity contribution >= 4 is 5.91 Å². The molecule has 2 aromatic rings. The van der Waals surface area contributed by atoms with Crippen LogP contribution in [-0.2, 0) is 11.2 Å². The second kappa shape index (κ2) is 9.13. The molecule has 0 saturated carbocycles. The number of nitrogens with one attached hydrogen (secondary N) is 1. The lowest BCUT2D eigenvalue weighted by Gasteiger charge is -2.19. The smallest absolute Gasteiger partial charge is 0.224 e. The number of hydrogen-bond acceptors (Lipinski definition) is 4. The lowest BCUT2D eigenvalue weighted by molar-refractivity contribution is -0.121. The lowest BCUT2D eigenvalue weighted by atomic mass is 10.0. The van der Waals surface area contributed by atoms with Crippen LogP contribution in [0.15, 0.2) is 36.4 Å². The summed E-state index contributed by atoms with van der Waals surface area (Å²) in [6.45, 7) is 4.01. The number of carbonyl (C=O) groups is 1. The molecule has 0 spiro atoms. The summed E-state index contributed by atoms with van der Waals surface area (Å²) in [5.74, 6) is 2.14. The number of amides is 1. The van der Waals surface area contributed by atoms with Crippen LogP contribution in [0.4, 0.5) is 0 Å². The summed E-state index contributed by atoms with van der Waals surface area (Å²) in [4.78, 5) is 12.5. The van der Waals surface area contributed by atoms with Crippen LogP contribution in [0.5, 0.6) is 17.2 Å². The van der Waals surface area contributed by atoms with E-state index in [1.54, 1.807) is 21.3 Å². The molecule has 1 atom stereocenters. The fraction of sp³-hybridized carbons (Fsp3) is 0.381. The van der Waals surface area contributed by atoms with Crippen molar-refractivity contribution in [1.82, 2.24) is 5.32 Å². The SMILES string of the molecule is CC[C@@H](NC(=O)Cc1ccc(OC)c(C)c1)c1ccc(OC)c(OC)c1. The molecule has 5 heteroatoms. The van der Waals surface area contributed by atoms with Crippen molar-refractivity contribution in [2.75, 3.05) is 21.3 Å². The van der Waals surface area contributed by atoms with E-state index in [4.69, 9.17) is 14.2 Å². The number of ether oxygens (including phenoxy) is 3. The van der Waals surface area contributed by atoms with Gasteiger partial charge >= 0.3 is 0 Å². The molecule has 0 aliphatic rings. The van der Waals surface area contributed by atoms with Gasteiger partial charge in [0.1, 0.15) is 5.75 Å². The monoisotopic (exact) mass is 357 g/mol. The summed E-state index contributed by atoms with van der Waals surface area (Å²) in [6.07, 6.45) is 1.11. The zero-order valence-corrected chi connectivity index (χ0v) is 16.1. The molecule has 0 radical (unpaired) electrons. The van der Waals surface area contributed by atoms with Gasteiger partial charge in [-0.05, 0) is 48.2 Å². The van der Waals surface area contributed by atoms with Gasteiger partial charge in [0, 0.05) is 0 Å². The van der Waals surface area contributed by atoms with E-state index in [1.807, 2.05) is 50.2 Å². The van der Waals surface area contributed by atoms with Crippen LogP contribution >= 0.6 is 0 Å². The molecule has 0 saturated heterocycles. The van der Waals surface area contributed by atoms with Crippen molar-refractivity contribution < 1.29 is 19.0 Å². The molecule has 1 N–H and O–H groups in total. The first-order chi connectivity index (χ1) is 12.5. The summed E-state index contributed by atoms with van der Waals surface area (Å²) in [6, 6.07) is 11.4. The molecule has 0 aliphatic carbocycles. The molecular weight excluding hydrogens is 330 g/mol. The van der Waals surface area contributed by atoms with Gasteiger partial charge in [-0.25, -0.2) is 0 Å². The Balaban J connectivity index is 2.09. The molecule has 0 heterocycles. The van der Waals surface area contributed by atoms with E-state index < -0.39 is 0 Å². The molecule has 5 nitrogen and oxygen atoms in total. The highest BCUT2D eigenvalue weighted by Gasteiger charge is 2.16. The summed E-state index contributed by atoms with van der Waals surface area (Å²) in [7, 11) is 4.85. The summed E-state index contributed by atoms with van der Waals surface area (Å²) >= 11 is 0.